The van der Waals surface area contributed by atoms with Gasteiger partial charge in [-0.2, -0.15) is 0 Å². The van der Waals surface area contributed by atoms with Crippen LogP contribution in [0.4, 0.5) is 0 Å². The highest BCUT2D eigenvalue weighted by atomic mass is 16.5. The predicted octanol–water partition coefficient (Wildman–Crippen LogP) is 3.08. The van der Waals surface area contributed by atoms with Gasteiger partial charge in [0.1, 0.15) is 12.4 Å². The molecule has 0 saturated heterocycles. The van der Waals surface area contributed by atoms with Crippen LogP contribution in [0.5, 0.6) is 0 Å². The molecule has 0 heterocycles. The first-order valence-electron chi connectivity index (χ1n) is 9.37. The fourth-order valence-corrected chi connectivity index (χ4v) is 2.55. The molecule has 0 bridgehead atoms. The lowest BCUT2D eigenvalue weighted by molar-refractivity contribution is -0.148. The summed E-state index contributed by atoms with van der Waals surface area (Å²) >= 11 is 0. The molecule has 0 fully saturated rings. The third-order valence-corrected chi connectivity index (χ3v) is 4.17. The third kappa shape index (κ3) is 12.3. The lowest BCUT2D eigenvalue weighted by Crippen LogP contribution is -2.18. The maximum Gasteiger partial charge on any atom is 0.306 e. The first-order valence-corrected chi connectivity index (χ1v) is 9.37. The van der Waals surface area contributed by atoms with Crippen LogP contribution >= 0.6 is 0 Å². The van der Waals surface area contributed by atoms with Crippen molar-refractivity contribution in [3.63, 3.8) is 0 Å². The van der Waals surface area contributed by atoms with Crippen molar-refractivity contribution in [2.75, 3.05) is 20.3 Å². The second-order valence-electron chi connectivity index (χ2n) is 6.47. The zero-order chi connectivity index (χ0) is 19.9. The number of hydrogen-bond acceptors (Lipinski definition) is 6. The number of ketones is 1. The Morgan fingerprint density at radius 2 is 1.64 bits per heavy atom. The Hall–Kier alpha value is -2.15. The summed E-state index contributed by atoms with van der Waals surface area (Å²) in [6.45, 7) is 2.56. The number of hydrogen-bond donors (Lipinski definition) is 0. The van der Waals surface area contributed by atoms with Crippen molar-refractivity contribution in [3.05, 3.63) is 35.9 Å². The van der Waals surface area contributed by atoms with E-state index in [9.17, 15) is 14.4 Å². The van der Waals surface area contributed by atoms with E-state index in [4.69, 9.17) is 14.2 Å². The average Bonchev–Trinajstić information content (AvgIpc) is 2.66. The highest BCUT2D eigenvalue weighted by Crippen LogP contribution is 2.15. The van der Waals surface area contributed by atoms with Crippen LogP contribution in [0, 0.1) is 5.92 Å². The molecule has 0 spiro atoms. The number of ether oxygens (including phenoxy) is 3. The van der Waals surface area contributed by atoms with Crippen LogP contribution in [0.15, 0.2) is 30.3 Å². The quantitative estimate of drug-likeness (QED) is 0.276. The Labute approximate surface area is 169 Å². The second-order valence-corrected chi connectivity index (χ2v) is 6.47. The van der Waals surface area contributed by atoms with Gasteiger partial charge in [0.05, 0.1) is 13.0 Å². The molecule has 1 aromatic rings. The minimum atomic E-state index is -0.409. The number of rotatable bonds is 14. The lowest BCUT2D eigenvalue weighted by atomic mass is 9.96. The molecule has 153 valence electrons. The minimum absolute atomic E-state index is 0. The van der Waals surface area contributed by atoms with E-state index < -0.39 is 11.9 Å². The maximum absolute atomic E-state index is 12.0. The molecule has 0 saturated carbocycles. The molecule has 0 aromatic heterocycles. The number of benzene rings is 1. The van der Waals surface area contributed by atoms with Crippen molar-refractivity contribution in [3.8, 4) is 0 Å². The molecule has 6 nitrogen and oxygen atoms in total. The number of esters is 2. The fraction of sp³-hybridized carbons (Fsp3) is 0.571. The molecule has 0 N–H and O–H groups in total. The highest BCUT2D eigenvalue weighted by Gasteiger charge is 2.19. The van der Waals surface area contributed by atoms with Crippen molar-refractivity contribution in [1.29, 1.82) is 0 Å². The van der Waals surface area contributed by atoms with Crippen molar-refractivity contribution in [2.45, 2.75) is 52.1 Å². The fourth-order valence-electron chi connectivity index (χ4n) is 2.55. The molecule has 7 heteroatoms. The smallest absolute Gasteiger partial charge is 0.306 e. The molecule has 28 heavy (non-hydrogen) atoms. The van der Waals surface area contributed by atoms with Crippen LogP contribution < -0.4 is 0 Å². The van der Waals surface area contributed by atoms with Crippen molar-refractivity contribution in [2.24, 2.45) is 5.92 Å². The van der Waals surface area contributed by atoms with Gasteiger partial charge in [0, 0.05) is 34.5 Å². The molecule has 1 aromatic carbocycles. The van der Waals surface area contributed by atoms with Gasteiger partial charge in [-0.1, -0.05) is 30.3 Å². The van der Waals surface area contributed by atoms with Crippen molar-refractivity contribution >= 4 is 26.1 Å². The molecule has 3 radical (unpaired) electrons. The van der Waals surface area contributed by atoms with E-state index in [1.165, 1.54) is 6.92 Å². The molecular weight excluding hydrogens is 359 g/mol. The van der Waals surface area contributed by atoms with E-state index in [0.29, 0.717) is 25.9 Å². The van der Waals surface area contributed by atoms with Gasteiger partial charge in [-0.05, 0) is 38.2 Å². The Kier molecular flexibility index (Phi) is 14.7. The number of methoxy groups -OCH3 is 1. The molecule has 1 atom stereocenters. The number of unbranched alkanes of at least 4 members (excludes halogenated alkanes) is 1. The van der Waals surface area contributed by atoms with E-state index in [2.05, 4.69) is 0 Å². The van der Waals surface area contributed by atoms with Crippen LogP contribution in [0.3, 0.4) is 0 Å². The van der Waals surface area contributed by atoms with Gasteiger partial charge in [-0.25, -0.2) is 0 Å². The van der Waals surface area contributed by atoms with Gasteiger partial charge < -0.3 is 14.2 Å². The van der Waals surface area contributed by atoms with Crippen LogP contribution in [0.1, 0.15) is 51.0 Å². The van der Waals surface area contributed by atoms with Gasteiger partial charge in [0.2, 0.25) is 0 Å². The minimum Gasteiger partial charge on any atom is -0.466 e. The molecular formula is C21H30BO6. The van der Waals surface area contributed by atoms with Gasteiger partial charge in [-0.3, -0.25) is 14.4 Å². The van der Waals surface area contributed by atoms with Gasteiger partial charge in [0.25, 0.3) is 0 Å². The summed E-state index contributed by atoms with van der Waals surface area (Å²) in [4.78, 5) is 35.3. The van der Waals surface area contributed by atoms with Gasteiger partial charge >= 0.3 is 11.9 Å². The van der Waals surface area contributed by atoms with Gasteiger partial charge in [0.15, 0.2) is 0 Å². The molecule has 0 aliphatic carbocycles. The Morgan fingerprint density at radius 3 is 2.29 bits per heavy atom. The largest absolute Gasteiger partial charge is 0.466 e. The maximum atomic E-state index is 12.0. The summed E-state index contributed by atoms with van der Waals surface area (Å²) in [5.74, 6) is -1.10. The molecule has 0 aliphatic heterocycles. The van der Waals surface area contributed by atoms with E-state index in [-0.39, 0.29) is 39.8 Å². The zero-order valence-electron chi connectivity index (χ0n) is 16.9. The normalized spacial score (nSPS) is 11.2. The number of Topliss-reactive ketones (excluding diaryl/α,β-unsaturated/α-hetero) is 1. The summed E-state index contributed by atoms with van der Waals surface area (Å²) in [6, 6.07) is 9.39. The zero-order valence-corrected chi connectivity index (χ0v) is 16.9. The lowest BCUT2D eigenvalue weighted by Gasteiger charge is -2.13. The second kappa shape index (κ2) is 15.9. The number of carbonyl (C=O) groups excluding carboxylic acids is 3. The van der Waals surface area contributed by atoms with Crippen LogP contribution in [0.2, 0.25) is 0 Å². The summed E-state index contributed by atoms with van der Waals surface area (Å²) < 4.78 is 15.3. The first-order chi connectivity index (χ1) is 13.0. The first kappa shape index (κ1) is 25.9. The van der Waals surface area contributed by atoms with Gasteiger partial charge in [-0.15, -0.1) is 0 Å². The molecule has 0 amide bonds. The van der Waals surface area contributed by atoms with Crippen LogP contribution in [0.25, 0.3) is 0 Å². The van der Waals surface area contributed by atoms with E-state index in [1.54, 1.807) is 7.11 Å². The Balaban J connectivity index is 0.00000729. The van der Waals surface area contributed by atoms with E-state index >= 15 is 0 Å². The standard InChI is InChI=1S/C21H30O6.B/c1-17(22)19(11-8-14-26-20(23)12-6-7-13-25-2)15-21(24)27-16-18-9-4-3-5-10-18;/h3-5,9-10,19H,6-8,11-16H2,1-2H3;. The van der Waals surface area contributed by atoms with Crippen molar-refractivity contribution < 1.29 is 28.6 Å². The summed E-state index contributed by atoms with van der Waals surface area (Å²) in [7, 11) is 1.63. The average molecular weight is 389 g/mol. The van der Waals surface area contributed by atoms with E-state index in [1.807, 2.05) is 30.3 Å². The topological polar surface area (TPSA) is 78.9 Å². The monoisotopic (exact) mass is 389 g/mol. The Bertz CT molecular complexity index is 576. The number of carbonyl (C=O) groups is 3. The molecule has 1 unspecified atom stereocenters. The summed E-state index contributed by atoms with van der Waals surface area (Å²) in [5.41, 5.74) is 0.905. The third-order valence-electron chi connectivity index (χ3n) is 4.17. The summed E-state index contributed by atoms with van der Waals surface area (Å²) in [6.07, 6.45) is 3.00. The summed E-state index contributed by atoms with van der Waals surface area (Å²) in [5, 5.41) is 0. The van der Waals surface area contributed by atoms with Crippen LogP contribution in [-0.4, -0.2) is 46.5 Å². The molecule has 1 rings (SSSR count). The van der Waals surface area contributed by atoms with Crippen molar-refractivity contribution in [1.82, 2.24) is 0 Å². The predicted molar refractivity (Wildman–Crippen MR) is 107 cm³/mol. The van der Waals surface area contributed by atoms with E-state index in [0.717, 1.165) is 18.4 Å². The van der Waals surface area contributed by atoms with Crippen LogP contribution in [-0.2, 0) is 35.2 Å². The SMILES string of the molecule is COCCCCC(=O)OCCCC(CC(=O)OCc1ccccc1)C(C)=O.[B]. The molecule has 0 aliphatic rings. The Morgan fingerprint density at radius 1 is 0.929 bits per heavy atom. The highest BCUT2D eigenvalue weighted by molar-refractivity contribution is 5.83.